The maximum absolute atomic E-state index is 10.1. The van der Waals surface area contributed by atoms with Gasteiger partial charge in [-0.15, -0.1) is 0 Å². The van der Waals surface area contributed by atoms with Gasteiger partial charge in [0.25, 0.3) is 0 Å². The van der Waals surface area contributed by atoms with Crippen molar-refractivity contribution in [3.05, 3.63) is 30.3 Å². The summed E-state index contributed by atoms with van der Waals surface area (Å²) in [4.78, 5) is 9.70. The Balaban J connectivity index is 1.82. The Kier molecular flexibility index (Phi) is 16.2. The van der Waals surface area contributed by atoms with Crippen molar-refractivity contribution in [1.29, 1.82) is 0 Å². The highest BCUT2D eigenvalue weighted by molar-refractivity contribution is 7.40. The summed E-state index contributed by atoms with van der Waals surface area (Å²) in [5.74, 6) is 0.952. The number of ether oxygens (including phenoxy) is 1. The lowest BCUT2D eigenvalue weighted by Crippen LogP contribution is -2.37. The molecule has 1 aromatic rings. The van der Waals surface area contributed by atoms with Crippen LogP contribution >= 0.6 is 8.60 Å². The Morgan fingerprint density at radius 2 is 1.35 bits per heavy atom. The summed E-state index contributed by atoms with van der Waals surface area (Å²) in [6.07, 6.45) is 10.3. The Labute approximate surface area is 191 Å². The van der Waals surface area contributed by atoms with E-state index in [9.17, 15) is 10.00 Å². The number of likely N-dealkylation sites (N-methyl/N-ethyl adjacent to an activating group) is 1. The Hall–Kier alpha value is -0.750. The number of aliphatic hydroxyl groups excluding tert-OH is 1. The summed E-state index contributed by atoms with van der Waals surface area (Å²) in [6, 6.07) is 9.98. The lowest BCUT2D eigenvalue weighted by atomic mass is 10.0. The number of hydrogen-bond acceptors (Lipinski definition) is 5. The van der Waals surface area contributed by atoms with E-state index in [2.05, 4.69) is 21.1 Å². The van der Waals surface area contributed by atoms with Crippen LogP contribution in [-0.4, -0.2) is 68.1 Å². The first-order valence-electron chi connectivity index (χ1n) is 11.8. The number of hydrogen-bond donors (Lipinski definition) is 2. The van der Waals surface area contributed by atoms with Crippen LogP contribution in [0.1, 0.15) is 64.2 Å². The second-order valence-electron chi connectivity index (χ2n) is 9.14. The summed E-state index contributed by atoms with van der Waals surface area (Å²) in [5.41, 5.74) is 0. The molecule has 7 heteroatoms. The molecule has 0 saturated heterocycles. The normalized spacial score (nSPS) is 13.8. The molecule has 0 amide bonds. The molecule has 2 atom stereocenters. The van der Waals surface area contributed by atoms with E-state index < -0.39 is 8.60 Å². The molecule has 0 aliphatic carbocycles. The molecule has 0 aliphatic rings. The van der Waals surface area contributed by atoms with E-state index in [0.29, 0.717) is 19.6 Å². The fourth-order valence-corrected chi connectivity index (χ4v) is 3.71. The molecule has 6 nitrogen and oxygen atoms in total. The first kappa shape index (κ1) is 28.3. The maximum Gasteiger partial charge on any atom is 0.330 e. The molecule has 0 spiro atoms. The third kappa shape index (κ3) is 18.5. The predicted octanol–water partition coefficient (Wildman–Crippen LogP) is 5.29. The third-order valence-electron chi connectivity index (χ3n) is 5.04. The van der Waals surface area contributed by atoms with Crippen LogP contribution in [0.4, 0.5) is 0 Å². The van der Waals surface area contributed by atoms with Crippen LogP contribution in [0, 0.1) is 0 Å². The quantitative estimate of drug-likeness (QED) is 0.158. The van der Waals surface area contributed by atoms with Gasteiger partial charge in [0.2, 0.25) is 0 Å². The highest BCUT2D eigenvalue weighted by atomic mass is 31.2. The first-order valence-corrected chi connectivity index (χ1v) is 12.9. The molecule has 0 heterocycles. The number of para-hydroxylation sites is 1. The fourth-order valence-electron chi connectivity index (χ4n) is 3.11. The average Bonchev–Trinajstić information content (AvgIpc) is 2.72. The second-order valence-corrected chi connectivity index (χ2v) is 10.1. The van der Waals surface area contributed by atoms with Gasteiger partial charge in [0.15, 0.2) is 0 Å². The number of rotatable bonds is 20. The largest absolute Gasteiger partial charge is 0.494 e. The molecule has 31 heavy (non-hydrogen) atoms. The van der Waals surface area contributed by atoms with Crippen molar-refractivity contribution < 1.29 is 28.3 Å². The lowest BCUT2D eigenvalue weighted by molar-refractivity contribution is -0.870. The molecule has 2 N–H and O–H groups in total. The number of aliphatic hydroxyl groups is 1. The van der Waals surface area contributed by atoms with E-state index in [-0.39, 0.29) is 6.10 Å². The van der Waals surface area contributed by atoms with Crippen LogP contribution < -0.4 is 4.74 Å². The molecular weight excluding hydrogens is 413 g/mol. The standard InChI is InChI=1S/C24H45NO5P/c1-25(2,3)19-22-30-31(27)29-21-14-16-23(26)15-10-7-5-4-6-8-13-20-28-24-17-11-9-12-18-24/h9,11-12,17-18,23,26-27H,4-8,10,13-16,19-22H2,1-3H3/q+1. The van der Waals surface area contributed by atoms with E-state index in [4.69, 9.17) is 13.8 Å². The van der Waals surface area contributed by atoms with Gasteiger partial charge in [0.1, 0.15) is 18.9 Å². The van der Waals surface area contributed by atoms with E-state index in [0.717, 1.165) is 49.1 Å². The summed E-state index contributed by atoms with van der Waals surface area (Å²) in [5, 5.41) is 10.1. The van der Waals surface area contributed by atoms with Gasteiger partial charge in [0, 0.05) is 0 Å². The van der Waals surface area contributed by atoms with Gasteiger partial charge in [0.05, 0.1) is 40.5 Å². The van der Waals surface area contributed by atoms with Gasteiger partial charge in [-0.25, -0.2) is 0 Å². The van der Waals surface area contributed by atoms with Crippen molar-refractivity contribution in [3.63, 3.8) is 0 Å². The highest BCUT2D eigenvalue weighted by Crippen LogP contribution is 2.32. The summed E-state index contributed by atoms with van der Waals surface area (Å²) in [7, 11) is 4.44. The predicted molar refractivity (Wildman–Crippen MR) is 128 cm³/mol. The number of nitrogens with zero attached hydrogens (tertiary/aromatic N) is 1. The van der Waals surface area contributed by atoms with Crippen molar-refractivity contribution in [2.75, 3.05) is 47.5 Å². The molecule has 1 rings (SSSR count). The highest BCUT2D eigenvalue weighted by Gasteiger charge is 2.12. The monoisotopic (exact) mass is 458 g/mol. The minimum absolute atomic E-state index is 0.275. The molecule has 1 aromatic carbocycles. The van der Waals surface area contributed by atoms with E-state index in [1.54, 1.807) is 0 Å². The zero-order chi connectivity index (χ0) is 22.8. The Morgan fingerprint density at radius 1 is 0.774 bits per heavy atom. The van der Waals surface area contributed by atoms with Gasteiger partial charge < -0.3 is 28.3 Å². The van der Waals surface area contributed by atoms with Crippen LogP contribution in [0.15, 0.2) is 30.3 Å². The maximum atomic E-state index is 10.1. The van der Waals surface area contributed by atoms with Gasteiger partial charge in [-0.1, -0.05) is 56.7 Å². The lowest BCUT2D eigenvalue weighted by Gasteiger charge is -2.23. The van der Waals surface area contributed by atoms with Crippen LogP contribution in [0.25, 0.3) is 0 Å². The zero-order valence-corrected chi connectivity index (χ0v) is 20.8. The van der Waals surface area contributed by atoms with Crippen molar-refractivity contribution in [2.45, 2.75) is 70.3 Å². The van der Waals surface area contributed by atoms with E-state index in [1.165, 1.54) is 32.1 Å². The molecule has 0 aliphatic heterocycles. The molecule has 0 aromatic heterocycles. The molecule has 0 saturated carbocycles. The Morgan fingerprint density at radius 3 is 2.03 bits per heavy atom. The van der Waals surface area contributed by atoms with E-state index >= 15 is 0 Å². The number of unbranched alkanes of at least 4 members (excludes halogenated alkanes) is 6. The zero-order valence-electron chi connectivity index (χ0n) is 19.9. The SMILES string of the molecule is C[N+](C)(C)CCOP(O)OCCCC(O)CCCCCCCCCOc1ccccc1. The van der Waals surface area contributed by atoms with Crippen molar-refractivity contribution in [3.8, 4) is 5.75 Å². The Bertz CT molecular complexity index is 526. The van der Waals surface area contributed by atoms with Gasteiger partial charge in [-0.05, 0) is 37.8 Å². The minimum Gasteiger partial charge on any atom is -0.494 e. The number of quaternary nitrogens is 1. The first-order chi connectivity index (χ1) is 14.9. The molecule has 180 valence electrons. The molecule has 0 bridgehead atoms. The minimum atomic E-state index is -1.80. The summed E-state index contributed by atoms with van der Waals surface area (Å²) in [6.45, 7) is 2.53. The van der Waals surface area contributed by atoms with Crippen molar-refractivity contribution in [2.24, 2.45) is 0 Å². The van der Waals surface area contributed by atoms with Gasteiger partial charge >= 0.3 is 8.60 Å². The van der Waals surface area contributed by atoms with Crippen LogP contribution in [-0.2, 0) is 9.05 Å². The van der Waals surface area contributed by atoms with Crippen LogP contribution in [0.3, 0.4) is 0 Å². The molecular formula is C24H45NO5P+. The molecule has 2 unspecified atom stereocenters. The summed E-state index contributed by atoms with van der Waals surface area (Å²) < 4.78 is 17.1. The van der Waals surface area contributed by atoms with E-state index in [1.807, 2.05) is 30.3 Å². The van der Waals surface area contributed by atoms with Crippen molar-refractivity contribution in [1.82, 2.24) is 0 Å². The average molecular weight is 459 g/mol. The second kappa shape index (κ2) is 17.8. The topological polar surface area (TPSA) is 68.2 Å². The van der Waals surface area contributed by atoms with Crippen LogP contribution in [0.2, 0.25) is 0 Å². The molecule has 0 radical (unpaired) electrons. The third-order valence-corrected chi connectivity index (χ3v) is 5.85. The molecule has 0 fully saturated rings. The van der Waals surface area contributed by atoms with Crippen LogP contribution in [0.5, 0.6) is 5.75 Å². The van der Waals surface area contributed by atoms with Crippen molar-refractivity contribution >= 4 is 8.60 Å². The smallest absolute Gasteiger partial charge is 0.330 e. The van der Waals surface area contributed by atoms with Gasteiger partial charge in [-0.3, -0.25) is 0 Å². The fraction of sp³-hybridized carbons (Fsp3) is 0.750. The number of benzene rings is 1. The van der Waals surface area contributed by atoms with Gasteiger partial charge in [-0.2, -0.15) is 0 Å². The summed E-state index contributed by atoms with van der Waals surface area (Å²) >= 11 is 0.